The minimum Gasteiger partial charge on any atom is -0.390 e. The molecule has 0 bridgehead atoms. The Morgan fingerprint density at radius 2 is 2.18 bits per heavy atom. The van der Waals surface area contributed by atoms with E-state index in [1.165, 1.54) is 0 Å². The fraction of sp³-hybridized carbons (Fsp3) is 1.00. The maximum Gasteiger partial charge on any atom is 0.0674 e. The maximum absolute atomic E-state index is 9.96. The molecule has 0 aromatic heterocycles. The van der Waals surface area contributed by atoms with Gasteiger partial charge in [-0.2, -0.15) is 0 Å². The lowest BCUT2D eigenvalue weighted by Crippen LogP contribution is -2.50. The Hall–Kier alpha value is -0.0800. The van der Waals surface area contributed by atoms with Gasteiger partial charge < -0.3 is 10.4 Å². The molecule has 2 heteroatoms. The van der Waals surface area contributed by atoms with E-state index >= 15 is 0 Å². The van der Waals surface area contributed by atoms with Gasteiger partial charge in [-0.3, -0.25) is 0 Å². The highest BCUT2D eigenvalue weighted by Gasteiger charge is 2.35. The molecule has 11 heavy (non-hydrogen) atoms. The summed E-state index contributed by atoms with van der Waals surface area (Å²) in [5, 5.41) is 13.3. The molecule has 0 spiro atoms. The summed E-state index contributed by atoms with van der Waals surface area (Å²) in [5.74, 6) is 0.981. The van der Waals surface area contributed by atoms with Crippen molar-refractivity contribution in [2.45, 2.75) is 32.8 Å². The van der Waals surface area contributed by atoms with Crippen LogP contribution in [-0.2, 0) is 0 Å². The molecule has 1 aliphatic rings. The SMILES string of the molecule is CC(C)C1CNCCC1(C)O. The van der Waals surface area contributed by atoms with Crippen LogP contribution in [0.25, 0.3) is 0 Å². The second-order valence-corrected chi connectivity index (χ2v) is 4.16. The Balaban J connectivity index is 2.60. The Labute approximate surface area is 69.0 Å². The van der Waals surface area contributed by atoms with Crippen molar-refractivity contribution in [3.63, 3.8) is 0 Å². The van der Waals surface area contributed by atoms with Gasteiger partial charge in [0.15, 0.2) is 0 Å². The maximum atomic E-state index is 9.96. The number of rotatable bonds is 1. The minimum absolute atomic E-state index is 0.413. The van der Waals surface area contributed by atoms with E-state index in [-0.39, 0.29) is 0 Å². The Morgan fingerprint density at radius 1 is 1.55 bits per heavy atom. The van der Waals surface area contributed by atoms with Crippen LogP contribution in [0, 0.1) is 11.8 Å². The first-order chi connectivity index (χ1) is 5.04. The zero-order valence-electron chi connectivity index (χ0n) is 7.72. The van der Waals surface area contributed by atoms with Gasteiger partial charge in [-0.05, 0) is 25.8 Å². The van der Waals surface area contributed by atoms with E-state index in [0.717, 1.165) is 19.5 Å². The molecule has 66 valence electrons. The first-order valence-corrected chi connectivity index (χ1v) is 4.47. The van der Waals surface area contributed by atoms with Crippen molar-refractivity contribution in [3.8, 4) is 0 Å². The van der Waals surface area contributed by atoms with Crippen LogP contribution < -0.4 is 5.32 Å². The van der Waals surface area contributed by atoms with E-state index in [2.05, 4.69) is 19.2 Å². The topological polar surface area (TPSA) is 32.3 Å². The fourth-order valence-electron chi connectivity index (χ4n) is 1.96. The largest absolute Gasteiger partial charge is 0.390 e. The van der Waals surface area contributed by atoms with E-state index in [4.69, 9.17) is 0 Å². The first-order valence-electron chi connectivity index (χ1n) is 4.47. The van der Waals surface area contributed by atoms with Crippen molar-refractivity contribution in [2.75, 3.05) is 13.1 Å². The second-order valence-electron chi connectivity index (χ2n) is 4.16. The Bertz CT molecular complexity index is 132. The highest BCUT2D eigenvalue weighted by molar-refractivity contribution is 4.89. The van der Waals surface area contributed by atoms with Crippen LogP contribution in [0.4, 0.5) is 0 Å². The molecule has 0 aliphatic carbocycles. The van der Waals surface area contributed by atoms with E-state index in [1.807, 2.05) is 6.92 Å². The molecule has 0 radical (unpaired) electrons. The lowest BCUT2D eigenvalue weighted by atomic mass is 9.77. The molecule has 1 aliphatic heterocycles. The molecule has 0 saturated carbocycles. The number of piperidine rings is 1. The van der Waals surface area contributed by atoms with Gasteiger partial charge in [0.1, 0.15) is 0 Å². The van der Waals surface area contributed by atoms with E-state index in [0.29, 0.717) is 11.8 Å². The summed E-state index contributed by atoms with van der Waals surface area (Å²) in [7, 11) is 0. The molecule has 0 aromatic carbocycles. The molecule has 1 fully saturated rings. The van der Waals surface area contributed by atoms with Crippen molar-refractivity contribution in [1.29, 1.82) is 0 Å². The van der Waals surface area contributed by atoms with Crippen LogP contribution >= 0.6 is 0 Å². The van der Waals surface area contributed by atoms with Gasteiger partial charge in [0.2, 0.25) is 0 Å². The quantitative estimate of drug-likeness (QED) is 0.595. The van der Waals surface area contributed by atoms with Crippen LogP contribution in [0.1, 0.15) is 27.2 Å². The molecule has 1 heterocycles. The molecule has 2 nitrogen and oxygen atoms in total. The fourth-order valence-corrected chi connectivity index (χ4v) is 1.96. The van der Waals surface area contributed by atoms with Gasteiger partial charge in [0.05, 0.1) is 5.60 Å². The van der Waals surface area contributed by atoms with Gasteiger partial charge in [-0.15, -0.1) is 0 Å². The standard InChI is InChI=1S/C9H19NO/c1-7(2)8-6-10-5-4-9(8,3)11/h7-8,10-11H,4-6H2,1-3H3. The van der Waals surface area contributed by atoms with Crippen LogP contribution in [0.5, 0.6) is 0 Å². The summed E-state index contributed by atoms with van der Waals surface area (Å²) in [5.41, 5.74) is -0.445. The molecule has 2 N–H and O–H groups in total. The van der Waals surface area contributed by atoms with Crippen molar-refractivity contribution in [3.05, 3.63) is 0 Å². The van der Waals surface area contributed by atoms with Gasteiger partial charge in [0.25, 0.3) is 0 Å². The molecule has 2 atom stereocenters. The van der Waals surface area contributed by atoms with Gasteiger partial charge in [0, 0.05) is 12.5 Å². The number of aliphatic hydroxyl groups is 1. The number of nitrogens with one attached hydrogen (secondary N) is 1. The predicted molar refractivity (Wildman–Crippen MR) is 46.4 cm³/mol. The summed E-state index contributed by atoms with van der Waals surface area (Å²) in [4.78, 5) is 0. The average molecular weight is 157 g/mol. The summed E-state index contributed by atoms with van der Waals surface area (Å²) in [6, 6.07) is 0. The van der Waals surface area contributed by atoms with Crippen LogP contribution in [0.15, 0.2) is 0 Å². The number of hydrogen-bond donors (Lipinski definition) is 2. The van der Waals surface area contributed by atoms with Gasteiger partial charge in [-0.1, -0.05) is 13.8 Å². The third-order valence-corrected chi connectivity index (χ3v) is 2.78. The van der Waals surface area contributed by atoms with Crippen molar-refractivity contribution in [1.82, 2.24) is 5.32 Å². The van der Waals surface area contributed by atoms with Crippen molar-refractivity contribution < 1.29 is 5.11 Å². The van der Waals surface area contributed by atoms with Crippen molar-refractivity contribution in [2.24, 2.45) is 11.8 Å². The van der Waals surface area contributed by atoms with E-state index in [9.17, 15) is 5.11 Å². The summed E-state index contributed by atoms with van der Waals surface area (Å²) >= 11 is 0. The third-order valence-electron chi connectivity index (χ3n) is 2.78. The van der Waals surface area contributed by atoms with E-state index < -0.39 is 5.60 Å². The zero-order valence-corrected chi connectivity index (χ0v) is 7.72. The third kappa shape index (κ3) is 1.94. The zero-order chi connectivity index (χ0) is 8.48. The Kier molecular flexibility index (Phi) is 2.55. The predicted octanol–water partition coefficient (Wildman–Crippen LogP) is 1.00. The lowest BCUT2D eigenvalue weighted by molar-refractivity contribution is -0.0417. The normalized spacial score (nSPS) is 39.5. The van der Waals surface area contributed by atoms with Crippen molar-refractivity contribution >= 4 is 0 Å². The highest BCUT2D eigenvalue weighted by atomic mass is 16.3. The van der Waals surface area contributed by atoms with Gasteiger partial charge in [-0.25, -0.2) is 0 Å². The first kappa shape index (κ1) is 9.01. The molecule has 1 rings (SSSR count). The second kappa shape index (κ2) is 3.11. The van der Waals surface area contributed by atoms with Gasteiger partial charge >= 0.3 is 0 Å². The van der Waals surface area contributed by atoms with E-state index in [1.54, 1.807) is 0 Å². The molecule has 0 amide bonds. The Morgan fingerprint density at radius 3 is 2.55 bits per heavy atom. The summed E-state index contributed by atoms with van der Waals surface area (Å²) < 4.78 is 0. The molecule has 0 aromatic rings. The molecular weight excluding hydrogens is 138 g/mol. The highest BCUT2D eigenvalue weighted by Crippen LogP contribution is 2.29. The monoisotopic (exact) mass is 157 g/mol. The lowest BCUT2D eigenvalue weighted by Gasteiger charge is -2.40. The summed E-state index contributed by atoms with van der Waals surface area (Å²) in [6.07, 6.45) is 0.885. The smallest absolute Gasteiger partial charge is 0.0674 e. The van der Waals surface area contributed by atoms with Crippen LogP contribution in [-0.4, -0.2) is 23.8 Å². The number of hydrogen-bond acceptors (Lipinski definition) is 2. The average Bonchev–Trinajstić information content (AvgIpc) is 1.85. The molecular formula is C9H19NO. The molecule has 2 unspecified atom stereocenters. The summed E-state index contributed by atoms with van der Waals surface area (Å²) in [6.45, 7) is 8.22. The van der Waals surface area contributed by atoms with Crippen LogP contribution in [0.2, 0.25) is 0 Å². The minimum atomic E-state index is -0.445. The van der Waals surface area contributed by atoms with Crippen LogP contribution in [0.3, 0.4) is 0 Å². The molecule has 1 saturated heterocycles.